The summed E-state index contributed by atoms with van der Waals surface area (Å²) in [7, 11) is 0. The van der Waals surface area contributed by atoms with E-state index in [4.69, 9.17) is 0 Å². The average molecular weight is 337 g/mol. The molecule has 1 aliphatic heterocycles. The van der Waals surface area contributed by atoms with Gasteiger partial charge in [-0.1, -0.05) is 0 Å². The molecule has 1 fully saturated rings. The van der Waals surface area contributed by atoms with E-state index in [1.54, 1.807) is 6.20 Å². The third-order valence-corrected chi connectivity index (χ3v) is 4.31. The minimum absolute atomic E-state index is 0.0148. The monoisotopic (exact) mass is 337 g/mol. The van der Waals surface area contributed by atoms with Crippen LogP contribution in [0.2, 0.25) is 0 Å². The van der Waals surface area contributed by atoms with Crippen LogP contribution in [0.3, 0.4) is 0 Å². The largest absolute Gasteiger partial charge is 0.432 e. The predicted molar refractivity (Wildman–Crippen MR) is 79.5 cm³/mol. The van der Waals surface area contributed by atoms with Crippen molar-refractivity contribution in [1.82, 2.24) is 30.1 Å². The minimum atomic E-state index is -4.39. The molecule has 126 valence electrons. The molecule has 4 heterocycles. The van der Waals surface area contributed by atoms with Crippen molar-refractivity contribution in [3.05, 3.63) is 30.2 Å². The Bertz CT molecular complexity index is 845. The molecule has 0 aromatic carbocycles. The van der Waals surface area contributed by atoms with Gasteiger partial charge in [0.25, 0.3) is 0 Å². The van der Waals surface area contributed by atoms with Crippen LogP contribution in [0.15, 0.2) is 18.7 Å². The van der Waals surface area contributed by atoms with Gasteiger partial charge in [-0.3, -0.25) is 5.10 Å². The number of piperidine rings is 1. The van der Waals surface area contributed by atoms with Gasteiger partial charge in [-0.25, -0.2) is 15.0 Å². The zero-order chi connectivity index (χ0) is 16.7. The van der Waals surface area contributed by atoms with Gasteiger partial charge in [0, 0.05) is 19.0 Å². The number of hydrogen-bond acceptors (Lipinski definition) is 5. The molecule has 10 heteroatoms. The fourth-order valence-corrected chi connectivity index (χ4v) is 3.06. The second kappa shape index (κ2) is 5.46. The maximum atomic E-state index is 12.7. The Hall–Kier alpha value is -2.65. The Morgan fingerprint density at radius 3 is 2.58 bits per heavy atom. The highest BCUT2D eigenvalue weighted by molar-refractivity contribution is 5.86. The number of aromatic amines is 2. The van der Waals surface area contributed by atoms with Crippen molar-refractivity contribution in [1.29, 1.82) is 0 Å². The number of halogens is 3. The summed E-state index contributed by atoms with van der Waals surface area (Å²) in [5.74, 6) is 1.18. The van der Waals surface area contributed by atoms with Crippen molar-refractivity contribution >= 4 is 16.9 Å². The van der Waals surface area contributed by atoms with Crippen LogP contribution in [-0.2, 0) is 6.18 Å². The van der Waals surface area contributed by atoms with Gasteiger partial charge in [0.2, 0.25) is 0 Å². The number of fused-ring (bicyclic) bond motifs is 1. The van der Waals surface area contributed by atoms with Gasteiger partial charge < -0.3 is 9.88 Å². The second-order valence-electron chi connectivity index (χ2n) is 5.77. The first-order chi connectivity index (χ1) is 11.5. The first kappa shape index (κ1) is 14.9. The van der Waals surface area contributed by atoms with E-state index in [2.05, 4.69) is 35.0 Å². The lowest BCUT2D eigenvalue weighted by Crippen LogP contribution is -2.34. The Morgan fingerprint density at radius 2 is 1.88 bits per heavy atom. The summed E-state index contributed by atoms with van der Waals surface area (Å²) in [5, 5.41) is 7.61. The smallest absolute Gasteiger partial charge is 0.356 e. The molecule has 0 amide bonds. The van der Waals surface area contributed by atoms with Gasteiger partial charge in [0.1, 0.15) is 23.7 Å². The van der Waals surface area contributed by atoms with Gasteiger partial charge in [-0.2, -0.15) is 18.3 Å². The maximum Gasteiger partial charge on any atom is 0.432 e. The van der Waals surface area contributed by atoms with Crippen LogP contribution in [-0.4, -0.2) is 43.2 Å². The molecule has 24 heavy (non-hydrogen) atoms. The highest BCUT2D eigenvalue weighted by atomic mass is 19.4. The molecule has 0 radical (unpaired) electrons. The first-order valence-electron chi connectivity index (χ1n) is 7.53. The molecule has 3 aromatic rings. The normalized spacial score (nSPS) is 16.9. The van der Waals surface area contributed by atoms with E-state index in [1.807, 2.05) is 0 Å². The van der Waals surface area contributed by atoms with Crippen molar-refractivity contribution in [3.8, 4) is 0 Å². The number of aromatic nitrogens is 6. The number of hydrogen-bond donors (Lipinski definition) is 2. The molecule has 0 bridgehead atoms. The van der Waals surface area contributed by atoms with E-state index >= 15 is 0 Å². The fraction of sp³-hybridized carbons (Fsp3) is 0.429. The van der Waals surface area contributed by atoms with Gasteiger partial charge in [-0.05, 0) is 12.8 Å². The van der Waals surface area contributed by atoms with Crippen molar-refractivity contribution in [3.63, 3.8) is 0 Å². The van der Waals surface area contributed by atoms with Crippen molar-refractivity contribution in [2.24, 2.45) is 0 Å². The van der Waals surface area contributed by atoms with E-state index in [0.717, 1.165) is 17.4 Å². The number of nitrogens with zero attached hydrogens (tertiary/aromatic N) is 5. The van der Waals surface area contributed by atoms with E-state index in [0.29, 0.717) is 37.4 Å². The van der Waals surface area contributed by atoms with E-state index < -0.39 is 11.9 Å². The third-order valence-electron chi connectivity index (χ3n) is 4.31. The number of imidazole rings is 1. The molecule has 4 rings (SSSR count). The van der Waals surface area contributed by atoms with Crippen LogP contribution in [0.4, 0.5) is 19.0 Å². The van der Waals surface area contributed by atoms with Gasteiger partial charge >= 0.3 is 6.18 Å². The molecule has 0 unspecified atom stereocenters. The summed E-state index contributed by atoms with van der Waals surface area (Å²) < 4.78 is 38.0. The summed E-state index contributed by atoms with van der Waals surface area (Å²) in [6, 6.07) is 0. The summed E-state index contributed by atoms with van der Waals surface area (Å²) >= 11 is 0. The molecule has 0 spiro atoms. The van der Waals surface area contributed by atoms with Crippen LogP contribution >= 0.6 is 0 Å². The Morgan fingerprint density at radius 1 is 1.08 bits per heavy atom. The van der Waals surface area contributed by atoms with E-state index in [9.17, 15) is 13.2 Å². The van der Waals surface area contributed by atoms with Crippen LogP contribution in [0.1, 0.15) is 30.3 Å². The van der Waals surface area contributed by atoms with Gasteiger partial charge in [-0.15, -0.1) is 0 Å². The molecule has 1 aliphatic rings. The SMILES string of the molecule is FC(F)(F)c1cnc(C2CCN(c3ncnc4[nH]ncc34)CC2)[nH]1. The van der Waals surface area contributed by atoms with E-state index in [-0.39, 0.29) is 5.92 Å². The molecule has 0 atom stereocenters. The van der Waals surface area contributed by atoms with Crippen molar-refractivity contribution in [2.75, 3.05) is 18.0 Å². The quantitative estimate of drug-likeness (QED) is 0.750. The number of alkyl halides is 3. The zero-order valence-corrected chi connectivity index (χ0v) is 12.5. The summed E-state index contributed by atoms with van der Waals surface area (Å²) in [5.41, 5.74) is -0.126. The molecule has 2 N–H and O–H groups in total. The molecular weight excluding hydrogens is 323 g/mol. The first-order valence-corrected chi connectivity index (χ1v) is 7.53. The molecular formula is C14H14F3N7. The number of H-pyrrole nitrogens is 2. The molecule has 3 aromatic heterocycles. The van der Waals surface area contributed by atoms with Crippen LogP contribution in [0, 0.1) is 0 Å². The van der Waals surface area contributed by atoms with Crippen LogP contribution < -0.4 is 4.90 Å². The van der Waals surface area contributed by atoms with Crippen LogP contribution in [0.25, 0.3) is 11.0 Å². The minimum Gasteiger partial charge on any atom is -0.356 e. The number of rotatable bonds is 2. The summed E-state index contributed by atoms with van der Waals surface area (Å²) in [6.45, 7) is 1.37. The Balaban J connectivity index is 1.49. The van der Waals surface area contributed by atoms with Gasteiger partial charge in [0.05, 0.1) is 17.8 Å². The summed E-state index contributed by atoms with van der Waals surface area (Å²) in [6.07, 6.45) is 1.03. The molecule has 7 nitrogen and oxygen atoms in total. The highest BCUT2D eigenvalue weighted by Gasteiger charge is 2.34. The lowest BCUT2D eigenvalue weighted by molar-refractivity contribution is -0.141. The molecule has 0 saturated carbocycles. The lowest BCUT2D eigenvalue weighted by atomic mass is 9.96. The summed E-state index contributed by atoms with van der Waals surface area (Å²) in [4.78, 5) is 16.8. The average Bonchev–Trinajstić information content (AvgIpc) is 3.23. The Labute approximate surface area is 134 Å². The second-order valence-corrected chi connectivity index (χ2v) is 5.77. The fourth-order valence-electron chi connectivity index (χ4n) is 3.06. The predicted octanol–water partition coefficient (Wildman–Crippen LogP) is 2.48. The van der Waals surface area contributed by atoms with Crippen molar-refractivity contribution in [2.45, 2.75) is 24.9 Å². The lowest BCUT2D eigenvalue weighted by Gasteiger charge is -2.32. The maximum absolute atomic E-state index is 12.7. The van der Waals surface area contributed by atoms with Gasteiger partial charge in [0.15, 0.2) is 5.65 Å². The van der Waals surface area contributed by atoms with Crippen LogP contribution in [0.5, 0.6) is 0 Å². The third kappa shape index (κ3) is 2.57. The molecule has 0 aliphatic carbocycles. The zero-order valence-electron chi connectivity index (χ0n) is 12.5. The number of anilines is 1. The standard InChI is InChI=1S/C14H14F3N7/c15-14(16,17)10-6-18-11(22-10)8-1-3-24(4-2-8)13-9-5-21-23-12(9)19-7-20-13/h5-8H,1-4H2,(H,18,22)(H,19,20,21,23). The van der Waals surface area contributed by atoms with E-state index in [1.165, 1.54) is 6.33 Å². The van der Waals surface area contributed by atoms with Crippen molar-refractivity contribution < 1.29 is 13.2 Å². The Kier molecular flexibility index (Phi) is 3.39. The number of nitrogens with one attached hydrogen (secondary N) is 2. The molecule has 1 saturated heterocycles. The topological polar surface area (TPSA) is 86.4 Å². The highest BCUT2D eigenvalue weighted by Crippen LogP contribution is 2.33.